The summed E-state index contributed by atoms with van der Waals surface area (Å²) in [4.78, 5) is 16.7. The molecule has 162 valence electrons. The Morgan fingerprint density at radius 2 is 1.94 bits per heavy atom. The highest BCUT2D eigenvalue weighted by molar-refractivity contribution is 6.05. The molecular weight excluding hydrogens is 404 g/mol. The molecule has 0 spiro atoms. The minimum Gasteiger partial charge on any atom is -0.497 e. The van der Waals surface area contributed by atoms with Crippen molar-refractivity contribution >= 4 is 28.3 Å². The molecule has 0 aliphatic rings. The Bertz CT molecular complexity index is 1310. The first-order valence-electron chi connectivity index (χ1n) is 10.2. The number of ether oxygens (including phenoxy) is 2. The first kappa shape index (κ1) is 21.2. The number of hydrogen-bond donors (Lipinski definition) is 1. The first-order valence-corrected chi connectivity index (χ1v) is 10.2. The number of hydrogen-bond acceptors (Lipinski definition) is 5. The van der Waals surface area contributed by atoms with Crippen LogP contribution in [0.15, 0.2) is 71.5 Å². The Balaban J connectivity index is 1.78. The molecule has 0 radical (unpaired) electrons. The highest BCUT2D eigenvalue weighted by atomic mass is 16.5. The third kappa shape index (κ3) is 4.07. The lowest BCUT2D eigenvalue weighted by molar-refractivity contribution is -0.111. The maximum atomic E-state index is 12.6. The second kappa shape index (κ2) is 8.98. The maximum Gasteiger partial charge on any atom is 0.249 e. The van der Waals surface area contributed by atoms with Crippen molar-refractivity contribution in [3.63, 3.8) is 0 Å². The summed E-state index contributed by atoms with van der Waals surface area (Å²) < 4.78 is 17.0. The van der Waals surface area contributed by atoms with Crippen LogP contribution in [0, 0.1) is 6.92 Å². The molecule has 0 unspecified atom stereocenters. The molecule has 2 heterocycles. The summed E-state index contributed by atoms with van der Waals surface area (Å²) in [5.41, 5.74) is 5.11. The number of fused-ring (bicyclic) bond motifs is 1. The Kier molecular flexibility index (Phi) is 5.94. The van der Waals surface area contributed by atoms with E-state index in [0.29, 0.717) is 11.6 Å². The van der Waals surface area contributed by atoms with E-state index in [2.05, 4.69) is 10.3 Å². The molecule has 0 aliphatic carbocycles. The van der Waals surface area contributed by atoms with Crippen LogP contribution in [-0.2, 0) is 4.79 Å². The number of rotatable bonds is 6. The van der Waals surface area contributed by atoms with Crippen molar-refractivity contribution in [3.05, 3.63) is 78.2 Å². The van der Waals surface area contributed by atoms with Crippen molar-refractivity contribution in [2.45, 2.75) is 13.8 Å². The molecule has 0 saturated carbocycles. The fourth-order valence-corrected chi connectivity index (χ4v) is 3.76. The second-order valence-electron chi connectivity index (χ2n) is 7.37. The van der Waals surface area contributed by atoms with Crippen molar-refractivity contribution in [1.82, 2.24) is 4.98 Å². The molecule has 32 heavy (non-hydrogen) atoms. The summed E-state index contributed by atoms with van der Waals surface area (Å²) in [7, 11) is 3.26. The van der Waals surface area contributed by atoms with Gasteiger partial charge in [0.05, 0.1) is 20.5 Å². The molecule has 4 aromatic rings. The molecule has 1 N–H and O–H groups in total. The van der Waals surface area contributed by atoms with Gasteiger partial charge < -0.3 is 19.2 Å². The van der Waals surface area contributed by atoms with E-state index in [9.17, 15) is 4.79 Å². The number of furan rings is 1. The largest absolute Gasteiger partial charge is 0.497 e. The Labute approximate surface area is 186 Å². The van der Waals surface area contributed by atoms with Crippen LogP contribution in [0.2, 0.25) is 0 Å². The number of carbonyl (C=O) groups excluding carboxylic acids is 1. The number of nitrogens with zero attached hydrogens (tertiary/aromatic N) is 1. The van der Waals surface area contributed by atoms with Crippen LogP contribution in [0.4, 0.5) is 5.82 Å². The molecule has 4 rings (SSSR count). The van der Waals surface area contributed by atoms with Crippen LogP contribution in [0.25, 0.3) is 27.7 Å². The van der Waals surface area contributed by atoms with Gasteiger partial charge in [-0.3, -0.25) is 4.79 Å². The van der Waals surface area contributed by atoms with Crippen LogP contribution < -0.4 is 14.8 Å². The number of nitrogens with one attached hydrogen (secondary N) is 1. The number of aromatic nitrogens is 1. The van der Waals surface area contributed by atoms with Gasteiger partial charge in [-0.2, -0.15) is 0 Å². The van der Waals surface area contributed by atoms with Gasteiger partial charge in [-0.25, -0.2) is 4.98 Å². The quantitative estimate of drug-likeness (QED) is 0.389. The zero-order chi connectivity index (χ0) is 22.7. The van der Waals surface area contributed by atoms with Gasteiger partial charge >= 0.3 is 0 Å². The number of allylic oxidation sites excluding steroid dienone is 1. The minimum absolute atomic E-state index is 0.263. The van der Waals surface area contributed by atoms with Crippen molar-refractivity contribution in [1.29, 1.82) is 0 Å². The van der Waals surface area contributed by atoms with E-state index in [0.717, 1.165) is 44.5 Å². The lowest BCUT2D eigenvalue weighted by Gasteiger charge is -2.13. The highest BCUT2D eigenvalue weighted by Crippen LogP contribution is 2.41. The van der Waals surface area contributed by atoms with E-state index in [1.165, 1.54) is 0 Å². The van der Waals surface area contributed by atoms with E-state index < -0.39 is 0 Å². The SMILES string of the molecule is COc1cccc(-c2coc3c(C)c(OC)c(/C(C)=C/C(=O)Nc4ccccn4)cc23)c1. The molecule has 1 amide bonds. The van der Waals surface area contributed by atoms with Crippen molar-refractivity contribution in [2.24, 2.45) is 0 Å². The number of aryl methyl sites for hydroxylation is 1. The van der Waals surface area contributed by atoms with E-state index in [4.69, 9.17) is 13.9 Å². The Morgan fingerprint density at radius 3 is 2.66 bits per heavy atom. The van der Waals surface area contributed by atoms with E-state index in [1.54, 1.807) is 44.9 Å². The normalized spacial score (nSPS) is 11.4. The molecule has 2 aromatic heterocycles. The zero-order valence-electron chi connectivity index (χ0n) is 18.4. The van der Waals surface area contributed by atoms with Crippen LogP contribution in [0.3, 0.4) is 0 Å². The number of amides is 1. The van der Waals surface area contributed by atoms with Gasteiger partial charge in [-0.15, -0.1) is 0 Å². The number of anilines is 1. The second-order valence-corrected chi connectivity index (χ2v) is 7.37. The highest BCUT2D eigenvalue weighted by Gasteiger charge is 2.19. The summed E-state index contributed by atoms with van der Waals surface area (Å²) >= 11 is 0. The predicted octanol–water partition coefficient (Wildman–Crippen LogP) is 5.86. The molecule has 6 heteroatoms. The smallest absolute Gasteiger partial charge is 0.249 e. The fraction of sp³-hybridized carbons (Fsp3) is 0.154. The van der Waals surface area contributed by atoms with Crippen LogP contribution in [0.1, 0.15) is 18.1 Å². The summed E-state index contributed by atoms with van der Waals surface area (Å²) in [6.07, 6.45) is 4.91. The van der Waals surface area contributed by atoms with Crippen LogP contribution >= 0.6 is 0 Å². The van der Waals surface area contributed by atoms with Gasteiger partial charge in [0.1, 0.15) is 22.9 Å². The van der Waals surface area contributed by atoms with Crippen molar-refractivity contribution in [3.8, 4) is 22.6 Å². The van der Waals surface area contributed by atoms with E-state index >= 15 is 0 Å². The zero-order valence-corrected chi connectivity index (χ0v) is 18.4. The van der Waals surface area contributed by atoms with Gasteiger partial charge in [0, 0.05) is 34.3 Å². The molecule has 0 fully saturated rings. The molecule has 0 bridgehead atoms. The molecule has 0 atom stereocenters. The van der Waals surface area contributed by atoms with Crippen LogP contribution in [0.5, 0.6) is 11.5 Å². The number of methoxy groups -OCH3 is 2. The van der Waals surface area contributed by atoms with Crippen LogP contribution in [-0.4, -0.2) is 25.1 Å². The van der Waals surface area contributed by atoms with Gasteiger partial charge in [0.25, 0.3) is 0 Å². The van der Waals surface area contributed by atoms with E-state index in [-0.39, 0.29) is 5.91 Å². The molecule has 2 aromatic carbocycles. The first-order chi connectivity index (χ1) is 15.5. The van der Waals surface area contributed by atoms with Crippen molar-refractivity contribution in [2.75, 3.05) is 19.5 Å². The Morgan fingerprint density at radius 1 is 1.09 bits per heavy atom. The Hall–Kier alpha value is -4.06. The minimum atomic E-state index is -0.263. The monoisotopic (exact) mass is 428 g/mol. The number of carbonyl (C=O) groups is 1. The summed E-state index contributed by atoms with van der Waals surface area (Å²) in [5.74, 6) is 1.67. The van der Waals surface area contributed by atoms with Gasteiger partial charge in [0.2, 0.25) is 5.91 Å². The summed E-state index contributed by atoms with van der Waals surface area (Å²) in [5, 5.41) is 3.71. The topological polar surface area (TPSA) is 73.6 Å². The fourth-order valence-electron chi connectivity index (χ4n) is 3.76. The average Bonchev–Trinajstić information content (AvgIpc) is 3.24. The molecule has 6 nitrogen and oxygen atoms in total. The standard InChI is InChI=1S/C26H24N2O4/c1-16(12-24(29)28-23-10-5-6-11-27-23)20-14-21-22(18-8-7-9-19(13-18)30-3)15-32-26(21)17(2)25(20)31-4/h5-15H,1-4H3,(H,27,28,29)/b16-12+. The third-order valence-electron chi connectivity index (χ3n) is 5.32. The maximum absolute atomic E-state index is 12.6. The molecular formula is C26H24N2O4. The third-order valence-corrected chi connectivity index (χ3v) is 5.32. The number of pyridine rings is 1. The molecule has 0 saturated heterocycles. The van der Waals surface area contributed by atoms with Gasteiger partial charge in [-0.05, 0) is 55.3 Å². The van der Waals surface area contributed by atoms with Gasteiger partial charge in [0.15, 0.2) is 0 Å². The summed E-state index contributed by atoms with van der Waals surface area (Å²) in [6.45, 7) is 3.83. The lowest BCUT2D eigenvalue weighted by Crippen LogP contribution is -2.09. The summed E-state index contributed by atoms with van der Waals surface area (Å²) in [6, 6.07) is 15.2. The van der Waals surface area contributed by atoms with Crippen molar-refractivity contribution < 1.29 is 18.7 Å². The average molecular weight is 428 g/mol. The lowest BCUT2D eigenvalue weighted by atomic mass is 9.96. The molecule has 0 aliphatic heterocycles. The number of benzene rings is 2. The predicted molar refractivity (Wildman–Crippen MR) is 126 cm³/mol. The van der Waals surface area contributed by atoms with Gasteiger partial charge in [-0.1, -0.05) is 18.2 Å². The van der Waals surface area contributed by atoms with E-state index in [1.807, 2.05) is 50.2 Å².